The number of alkyl halides is 2. The topological polar surface area (TPSA) is 138 Å². The van der Waals surface area contributed by atoms with Gasteiger partial charge in [-0.3, -0.25) is 4.98 Å². The number of piperidine rings is 2. The lowest BCUT2D eigenvalue weighted by Gasteiger charge is -2.44. The minimum atomic E-state index is -2.80. The van der Waals surface area contributed by atoms with Crippen molar-refractivity contribution in [3.63, 3.8) is 0 Å². The van der Waals surface area contributed by atoms with Crippen molar-refractivity contribution in [2.24, 2.45) is 22.4 Å². The molecule has 0 saturated carbocycles. The van der Waals surface area contributed by atoms with Crippen LogP contribution in [0, 0.1) is 17.2 Å². The van der Waals surface area contributed by atoms with E-state index >= 15 is 0 Å². The number of hydrogen-bond acceptors (Lipinski definition) is 7. The number of aromatic nitrogens is 2. The van der Waals surface area contributed by atoms with Gasteiger partial charge in [0.15, 0.2) is 5.82 Å². The first-order chi connectivity index (χ1) is 15.9. The largest absolute Gasteiger partial charge is 0.397 e. The molecule has 2 unspecified atom stereocenters. The second kappa shape index (κ2) is 10.1. The number of nitrogens with one attached hydrogen (secondary N) is 2. The smallest absolute Gasteiger partial charge is 0.277 e. The quantitative estimate of drug-likeness (QED) is 0.372. The van der Waals surface area contributed by atoms with Gasteiger partial charge in [-0.25, -0.2) is 18.8 Å². The molecular weight excluding hydrogens is 426 g/mol. The van der Waals surface area contributed by atoms with E-state index in [-0.39, 0.29) is 17.7 Å². The number of nitriles is 1. The highest BCUT2D eigenvalue weighted by Gasteiger charge is 2.35. The molecule has 2 saturated heterocycles. The Morgan fingerprint density at radius 3 is 2.76 bits per heavy atom. The zero-order chi connectivity index (χ0) is 23.4. The van der Waals surface area contributed by atoms with E-state index < -0.39 is 12.1 Å². The molecule has 2 bridgehead atoms. The number of hydrogen-bond donors (Lipinski definition) is 4. The van der Waals surface area contributed by atoms with Crippen molar-refractivity contribution >= 4 is 28.4 Å². The minimum absolute atomic E-state index is 0.152. The molecule has 0 aromatic carbocycles. The number of anilines is 1. The third-order valence-electron chi connectivity index (χ3n) is 6.25. The highest BCUT2D eigenvalue weighted by molar-refractivity contribution is 5.95. The highest BCUT2D eigenvalue weighted by atomic mass is 19.3. The Hall–Kier alpha value is -3.32. The molecule has 174 valence electrons. The Morgan fingerprint density at radius 1 is 1.30 bits per heavy atom. The fourth-order valence-corrected chi connectivity index (χ4v) is 4.93. The van der Waals surface area contributed by atoms with E-state index in [1.165, 1.54) is 0 Å². The number of allylic oxidation sites excluding steroid dienone is 1. The Balaban J connectivity index is 1.55. The molecular formula is C23H28F2N8. The average Bonchev–Trinajstić information content (AvgIpc) is 2.77. The number of halogens is 2. The Morgan fingerprint density at radius 2 is 2.06 bits per heavy atom. The molecule has 2 aromatic rings. The Bertz CT molecular complexity index is 1080. The number of aliphatic imine (C=N–C) groups is 1. The maximum absolute atomic E-state index is 12.7. The van der Waals surface area contributed by atoms with Gasteiger partial charge in [0.1, 0.15) is 11.7 Å². The zero-order valence-corrected chi connectivity index (χ0v) is 18.2. The number of nitrogens with two attached hydrogens (primary N) is 2. The maximum Gasteiger partial charge on any atom is 0.277 e. The summed E-state index contributed by atoms with van der Waals surface area (Å²) in [6.07, 6.45) is 5.44. The Kier molecular flexibility index (Phi) is 6.99. The van der Waals surface area contributed by atoms with Gasteiger partial charge in [-0.2, -0.15) is 5.26 Å². The van der Waals surface area contributed by atoms with Gasteiger partial charge in [-0.05, 0) is 50.2 Å². The molecule has 0 aliphatic carbocycles. The summed E-state index contributed by atoms with van der Waals surface area (Å²) in [5.74, 6) is 1.36. The number of pyridine rings is 2. The molecule has 2 aromatic heterocycles. The van der Waals surface area contributed by atoms with Gasteiger partial charge in [0.25, 0.3) is 6.43 Å². The van der Waals surface area contributed by atoms with Gasteiger partial charge < -0.3 is 22.1 Å². The van der Waals surface area contributed by atoms with E-state index in [1.54, 1.807) is 12.3 Å². The fraction of sp³-hybridized carbons (Fsp3) is 0.478. The molecule has 4 heterocycles. The van der Waals surface area contributed by atoms with Crippen LogP contribution in [-0.2, 0) is 0 Å². The van der Waals surface area contributed by atoms with Crippen molar-refractivity contribution in [2.45, 2.75) is 63.1 Å². The third kappa shape index (κ3) is 5.73. The molecule has 4 rings (SSSR count). The summed E-state index contributed by atoms with van der Waals surface area (Å²) in [6, 6.07) is 8.73. The molecule has 2 fully saturated rings. The van der Waals surface area contributed by atoms with Crippen molar-refractivity contribution in [3.8, 4) is 6.07 Å². The van der Waals surface area contributed by atoms with Crippen LogP contribution in [0.15, 0.2) is 41.2 Å². The lowest BCUT2D eigenvalue weighted by Crippen LogP contribution is -2.54. The summed E-state index contributed by atoms with van der Waals surface area (Å²) < 4.78 is 25.4. The number of fused-ring (bicyclic) bond motifs is 3. The van der Waals surface area contributed by atoms with Crippen molar-refractivity contribution in [1.29, 1.82) is 5.26 Å². The van der Waals surface area contributed by atoms with E-state index in [2.05, 4.69) is 31.7 Å². The normalized spacial score (nSPS) is 25.8. The fourth-order valence-electron chi connectivity index (χ4n) is 4.93. The van der Waals surface area contributed by atoms with Crippen molar-refractivity contribution in [3.05, 3.63) is 36.2 Å². The molecule has 10 heteroatoms. The van der Waals surface area contributed by atoms with E-state index in [1.807, 2.05) is 12.1 Å². The predicted octanol–water partition coefficient (Wildman–Crippen LogP) is 3.34. The van der Waals surface area contributed by atoms with Gasteiger partial charge >= 0.3 is 0 Å². The summed E-state index contributed by atoms with van der Waals surface area (Å²) in [4.78, 5) is 13.2. The van der Waals surface area contributed by atoms with E-state index in [4.69, 9.17) is 16.7 Å². The molecule has 0 radical (unpaired) electrons. The first-order valence-electron chi connectivity index (χ1n) is 11.2. The van der Waals surface area contributed by atoms with Crippen molar-refractivity contribution in [1.82, 2.24) is 15.3 Å². The third-order valence-corrected chi connectivity index (χ3v) is 6.25. The lowest BCUT2D eigenvalue weighted by molar-refractivity contribution is 0.171. The van der Waals surface area contributed by atoms with Crippen LogP contribution in [0.2, 0.25) is 0 Å². The van der Waals surface area contributed by atoms with Gasteiger partial charge in [0.05, 0.1) is 17.3 Å². The summed E-state index contributed by atoms with van der Waals surface area (Å²) >= 11 is 0. The maximum atomic E-state index is 12.7. The summed E-state index contributed by atoms with van der Waals surface area (Å²) in [6.45, 7) is 0. The first-order valence-corrected chi connectivity index (χ1v) is 11.2. The Labute approximate surface area is 191 Å². The minimum Gasteiger partial charge on any atom is -0.397 e. The summed E-state index contributed by atoms with van der Waals surface area (Å²) in [5, 5.41) is 17.0. The van der Waals surface area contributed by atoms with Gasteiger partial charge in [0, 0.05) is 48.3 Å². The van der Waals surface area contributed by atoms with E-state index in [0.29, 0.717) is 35.8 Å². The van der Waals surface area contributed by atoms with Crippen LogP contribution in [0.25, 0.3) is 10.9 Å². The standard InChI is InChI=1S/C23H28F2N8/c24-22(25)18(27)11-20(28)32-21-12-19-17(4-2-6-29-19)23(33-21)31-16-9-14-7-13(3-1-5-26)8-15(10-16)30-14/h2,4,6,11-16,22,30H,1,3,7-10,27H2,(H3,28,31,32,33)/b18-11-/t13?,14-,15+,16?. The van der Waals surface area contributed by atoms with Crippen LogP contribution in [0.1, 0.15) is 38.5 Å². The van der Waals surface area contributed by atoms with Crippen LogP contribution in [0.3, 0.4) is 0 Å². The molecule has 0 spiro atoms. The predicted molar refractivity (Wildman–Crippen MR) is 124 cm³/mol. The van der Waals surface area contributed by atoms with Crippen LogP contribution >= 0.6 is 0 Å². The molecule has 0 amide bonds. The second-order valence-corrected chi connectivity index (χ2v) is 8.79. The number of amidine groups is 1. The molecule has 4 atom stereocenters. The number of rotatable bonds is 7. The van der Waals surface area contributed by atoms with E-state index in [9.17, 15) is 8.78 Å². The zero-order valence-electron chi connectivity index (χ0n) is 18.2. The molecule has 2 aliphatic rings. The lowest BCUT2D eigenvalue weighted by atomic mass is 9.77. The second-order valence-electron chi connectivity index (χ2n) is 8.79. The molecule has 33 heavy (non-hydrogen) atoms. The van der Waals surface area contributed by atoms with Crippen LogP contribution in [-0.4, -0.2) is 40.4 Å². The average molecular weight is 455 g/mol. The first kappa shape index (κ1) is 22.9. The monoisotopic (exact) mass is 454 g/mol. The molecule has 8 nitrogen and oxygen atoms in total. The van der Waals surface area contributed by atoms with Crippen LogP contribution in [0.5, 0.6) is 0 Å². The molecule has 2 aliphatic heterocycles. The van der Waals surface area contributed by atoms with Crippen molar-refractivity contribution in [2.75, 3.05) is 5.32 Å². The van der Waals surface area contributed by atoms with Crippen LogP contribution < -0.4 is 22.1 Å². The summed E-state index contributed by atoms with van der Waals surface area (Å²) in [5.41, 5.74) is 11.1. The summed E-state index contributed by atoms with van der Waals surface area (Å²) in [7, 11) is 0. The van der Waals surface area contributed by atoms with Gasteiger partial charge in [-0.1, -0.05) is 0 Å². The van der Waals surface area contributed by atoms with E-state index in [0.717, 1.165) is 43.6 Å². The highest BCUT2D eigenvalue weighted by Crippen LogP contribution is 2.34. The van der Waals surface area contributed by atoms with Gasteiger partial charge in [-0.15, -0.1) is 0 Å². The van der Waals surface area contributed by atoms with Crippen molar-refractivity contribution < 1.29 is 8.78 Å². The van der Waals surface area contributed by atoms with Crippen LogP contribution in [0.4, 0.5) is 20.4 Å². The molecule has 6 N–H and O–H groups in total. The SMILES string of the molecule is N#CCCC1C[C@@H]2CC(Nc3nc(N=C(N)/C=C(\N)C(F)F)cc4ncccc34)C[C@H](C1)N2. The van der Waals surface area contributed by atoms with Gasteiger partial charge in [0.2, 0.25) is 0 Å². The number of nitrogens with zero attached hydrogens (tertiary/aromatic N) is 4.